The summed E-state index contributed by atoms with van der Waals surface area (Å²) in [7, 11) is 0. The summed E-state index contributed by atoms with van der Waals surface area (Å²) in [5, 5.41) is 8.32. The molecule has 1 aliphatic rings. The average Bonchev–Trinajstić information content (AvgIpc) is 3.36. The number of benzene rings is 1. The van der Waals surface area contributed by atoms with Crippen LogP contribution in [0.1, 0.15) is 45.1 Å². The van der Waals surface area contributed by atoms with Gasteiger partial charge in [0, 0.05) is 13.0 Å². The van der Waals surface area contributed by atoms with E-state index >= 15 is 0 Å². The van der Waals surface area contributed by atoms with Crippen molar-refractivity contribution >= 4 is 29.5 Å². The van der Waals surface area contributed by atoms with E-state index in [1.54, 1.807) is 6.92 Å². The lowest BCUT2D eigenvalue weighted by molar-refractivity contribution is -0.143. The minimum absolute atomic E-state index is 0.0881. The molecule has 11 nitrogen and oxygen atoms in total. The van der Waals surface area contributed by atoms with E-state index in [1.165, 1.54) is 6.92 Å². The Labute approximate surface area is 205 Å². The second-order valence-corrected chi connectivity index (χ2v) is 8.68. The highest BCUT2D eigenvalue weighted by atomic mass is 16.5. The van der Waals surface area contributed by atoms with Gasteiger partial charge >= 0.3 is 6.09 Å². The number of hydrogen-bond acceptors (Lipinski definition) is 7. The predicted molar refractivity (Wildman–Crippen MR) is 132 cm³/mol. The van der Waals surface area contributed by atoms with E-state index in [9.17, 15) is 19.2 Å². The van der Waals surface area contributed by atoms with Gasteiger partial charge in [0.2, 0.25) is 17.5 Å². The summed E-state index contributed by atoms with van der Waals surface area (Å²) < 4.78 is 4.95. The first-order valence-electron chi connectivity index (χ1n) is 11.8. The van der Waals surface area contributed by atoms with Gasteiger partial charge in [0.05, 0.1) is 12.6 Å². The molecule has 1 saturated heterocycles. The minimum Gasteiger partial charge on any atom is -0.450 e. The fourth-order valence-corrected chi connectivity index (χ4v) is 3.95. The number of guanidine groups is 1. The quantitative estimate of drug-likeness (QED) is 0.113. The maximum atomic E-state index is 13.4. The molecule has 0 spiro atoms. The van der Waals surface area contributed by atoms with Gasteiger partial charge in [0.25, 0.3) is 0 Å². The van der Waals surface area contributed by atoms with Gasteiger partial charge in [-0.25, -0.2) is 4.79 Å². The lowest BCUT2D eigenvalue weighted by Crippen LogP contribution is -2.61. The first-order valence-corrected chi connectivity index (χ1v) is 11.8. The van der Waals surface area contributed by atoms with Gasteiger partial charge < -0.3 is 32.2 Å². The number of aliphatic imine (C=N–C) groups is 1. The number of alkyl carbamates (subject to hydrolysis) is 1. The molecule has 0 bridgehead atoms. The Morgan fingerprint density at radius 2 is 1.94 bits per heavy atom. The van der Waals surface area contributed by atoms with Crippen molar-refractivity contribution in [3.05, 3.63) is 35.9 Å². The van der Waals surface area contributed by atoms with Crippen molar-refractivity contribution < 1.29 is 23.9 Å². The topological polar surface area (TPSA) is 178 Å². The van der Waals surface area contributed by atoms with Crippen LogP contribution in [0.2, 0.25) is 0 Å². The molecule has 1 aliphatic heterocycles. The third-order valence-electron chi connectivity index (χ3n) is 5.80. The monoisotopic (exact) mass is 488 g/mol. The van der Waals surface area contributed by atoms with Crippen LogP contribution in [0.5, 0.6) is 0 Å². The molecule has 0 radical (unpaired) electrons. The third kappa shape index (κ3) is 8.67. The average molecular weight is 489 g/mol. The Balaban J connectivity index is 2.24. The van der Waals surface area contributed by atoms with E-state index in [-0.39, 0.29) is 32.0 Å². The Hall–Kier alpha value is -3.47. The summed E-state index contributed by atoms with van der Waals surface area (Å²) in [5.41, 5.74) is 10.0. The molecule has 1 heterocycles. The van der Waals surface area contributed by atoms with Crippen molar-refractivity contribution in [2.75, 3.05) is 19.7 Å². The molecule has 0 aromatic heterocycles. The smallest absolute Gasteiger partial charge is 0.407 e. The van der Waals surface area contributed by atoms with Crippen molar-refractivity contribution in [2.24, 2.45) is 16.5 Å². The molecule has 7 N–H and O–H groups in total. The van der Waals surface area contributed by atoms with Crippen LogP contribution in [0.4, 0.5) is 4.79 Å². The van der Waals surface area contributed by atoms with Gasteiger partial charge in [-0.05, 0) is 51.6 Å². The fraction of sp³-hybridized carbons (Fsp3) is 0.542. The molecule has 3 atom stereocenters. The summed E-state index contributed by atoms with van der Waals surface area (Å²) in [4.78, 5) is 55.6. The largest absolute Gasteiger partial charge is 0.450 e. The number of rotatable bonds is 13. The second-order valence-electron chi connectivity index (χ2n) is 8.68. The van der Waals surface area contributed by atoms with Crippen LogP contribution in [0.3, 0.4) is 0 Å². The molecule has 1 aromatic carbocycles. The minimum atomic E-state index is -1.51. The Kier molecular flexibility index (Phi) is 10.7. The Bertz CT molecular complexity index is 912. The van der Waals surface area contributed by atoms with Crippen LogP contribution in [0.25, 0.3) is 0 Å². The van der Waals surface area contributed by atoms with Gasteiger partial charge in [-0.3, -0.25) is 19.4 Å². The molecule has 1 aromatic rings. The van der Waals surface area contributed by atoms with Crippen LogP contribution < -0.4 is 27.4 Å². The Morgan fingerprint density at radius 1 is 1.23 bits per heavy atom. The normalized spacial score (nSPS) is 17.5. The fourth-order valence-electron chi connectivity index (χ4n) is 3.95. The number of carbonyl (C=O) groups is 4. The van der Waals surface area contributed by atoms with Crippen LogP contribution >= 0.6 is 0 Å². The van der Waals surface area contributed by atoms with Crippen molar-refractivity contribution in [3.8, 4) is 0 Å². The zero-order valence-corrected chi connectivity index (χ0v) is 20.3. The molecule has 2 rings (SSSR count). The molecule has 2 amide bonds. The van der Waals surface area contributed by atoms with Gasteiger partial charge in [0.1, 0.15) is 11.6 Å². The molecule has 0 unspecified atom stereocenters. The Morgan fingerprint density at radius 3 is 2.54 bits per heavy atom. The van der Waals surface area contributed by atoms with E-state index in [1.807, 2.05) is 30.3 Å². The van der Waals surface area contributed by atoms with Gasteiger partial charge in [-0.1, -0.05) is 30.3 Å². The molecule has 1 fully saturated rings. The molecule has 0 aliphatic carbocycles. The van der Waals surface area contributed by atoms with E-state index in [2.05, 4.69) is 20.9 Å². The molecule has 35 heavy (non-hydrogen) atoms. The van der Waals surface area contributed by atoms with Crippen LogP contribution in [-0.2, 0) is 25.5 Å². The maximum Gasteiger partial charge on any atom is 0.407 e. The lowest BCUT2D eigenvalue weighted by Gasteiger charge is -2.31. The van der Waals surface area contributed by atoms with Crippen molar-refractivity contribution in [1.82, 2.24) is 16.0 Å². The van der Waals surface area contributed by atoms with Crippen LogP contribution in [0, 0.1) is 0 Å². The molecule has 0 saturated carbocycles. The molecular formula is C24H36N6O5. The summed E-state index contributed by atoms with van der Waals surface area (Å²) in [6.07, 6.45) is 1.24. The number of nitrogens with one attached hydrogen (secondary N) is 3. The number of nitrogens with two attached hydrogens (primary N) is 2. The van der Waals surface area contributed by atoms with Crippen molar-refractivity contribution in [1.29, 1.82) is 0 Å². The van der Waals surface area contributed by atoms with E-state index in [4.69, 9.17) is 16.2 Å². The van der Waals surface area contributed by atoms with Crippen molar-refractivity contribution in [2.45, 2.75) is 63.6 Å². The van der Waals surface area contributed by atoms with Crippen LogP contribution in [-0.4, -0.2) is 66.8 Å². The summed E-state index contributed by atoms with van der Waals surface area (Å²) in [5.74, 6) is -1.98. The standard InChI is InChI=1S/C24H36N6O5/c1-3-35-23(34)29-18(15-16-9-5-4-6-10-16)21(33)30-24(2,12-8-14-28-22(25)26)20(32)19(31)17-11-7-13-27-17/h4-6,9-10,17-18,27H,3,7-8,11-15H2,1-2H3,(H,29,34)(H,30,33)(H4,25,26,28)/t17-,18-,24-/m0/s1. The van der Waals surface area contributed by atoms with Gasteiger partial charge in [0.15, 0.2) is 5.96 Å². The van der Waals surface area contributed by atoms with Gasteiger partial charge in [-0.15, -0.1) is 0 Å². The summed E-state index contributed by atoms with van der Waals surface area (Å²) in [6.45, 7) is 4.18. The number of ketones is 2. The highest BCUT2D eigenvalue weighted by molar-refractivity contribution is 6.42. The highest BCUT2D eigenvalue weighted by Gasteiger charge is 2.42. The second kappa shape index (κ2) is 13.4. The van der Waals surface area contributed by atoms with E-state index in [0.29, 0.717) is 19.4 Å². The molecular weight excluding hydrogens is 452 g/mol. The highest BCUT2D eigenvalue weighted by Crippen LogP contribution is 2.19. The number of nitrogens with zero attached hydrogens (tertiary/aromatic N) is 1. The number of carbonyl (C=O) groups excluding carboxylic acids is 4. The zero-order chi connectivity index (χ0) is 25.8. The SMILES string of the molecule is CCOC(=O)N[C@@H](Cc1ccccc1)C(=O)N[C@@](C)(CCCN=C(N)N)C(=O)C(=O)[C@@H]1CCCN1. The lowest BCUT2D eigenvalue weighted by atomic mass is 9.85. The number of amides is 2. The zero-order valence-electron chi connectivity index (χ0n) is 20.3. The first kappa shape index (κ1) is 27.8. The number of Topliss-reactive ketones (excluding diaryl/α,β-unsaturated/α-hetero) is 2. The maximum absolute atomic E-state index is 13.4. The van der Waals surface area contributed by atoms with E-state index < -0.39 is 41.2 Å². The number of hydrogen-bond donors (Lipinski definition) is 5. The van der Waals surface area contributed by atoms with Gasteiger partial charge in [-0.2, -0.15) is 0 Å². The third-order valence-corrected chi connectivity index (χ3v) is 5.80. The van der Waals surface area contributed by atoms with Crippen LogP contribution in [0.15, 0.2) is 35.3 Å². The van der Waals surface area contributed by atoms with E-state index in [0.717, 1.165) is 12.0 Å². The first-order chi connectivity index (χ1) is 16.7. The predicted octanol–water partition coefficient (Wildman–Crippen LogP) is 0.163. The molecule has 11 heteroatoms. The van der Waals surface area contributed by atoms with Crippen molar-refractivity contribution in [3.63, 3.8) is 0 Å². The molecule has 192 valence electrons. The number of ether oxygens (including phenoxy) is 1. The summed E-state index contributed by atoms with van der Waals surface area (Å²) in [6, 6.07) is 7.52. The summed E-state index contributed by atoms with van der Waals surface area (Å²) >= 11 is 0.